The molecule has 26 heavy (non-hydrogen) atoms. The van der Waals surface area contributed by atoms with E-state index in [0.717, 1.165) is 0 Å². The van der Waals surface area contributed by atoms with Crippen LogP contribution in [0.1, 0.15) is 17.2 Å². The van der Waals surface area contributed by atoms with Gasteiger partial charge in [0.2, 0.25) is 5.75 Å². The molecule has 0 aromatic heterocycles. The molecular weight excluding hydrogens is 342 g/mol. The van der Waals surface area contributed by atoms with Crippen LogP contribution in [0, 0.1) is 10.1 Å². The van der Waals surface area contributed by atoms with Gasteiger partial charge in [-0.1, -0.05) is 30.3 Å². The Hall–Kier alpha value is -3.46. The summed E-state index contributed by atoms with van der Waals surface area (Å²) in [5.41, 5.74) is 2.58. The van der Waals surface area contributed by atoms with Crippen molar-refractivity contribution < 1.29 is 24.3 Å². The number of benzene rings is 2. The number of amides is 1. The summed E-state index contributed by atoms with van der Waals surface area (Å²) >= 11 is 0. The first kappa shape index (κ1) is 18.9. The largest absolute Gasteiger partial charge is 0.496 e. The van der Waals surface area contributed by atoms with Crippen molar-refractivity contribution in [2.24, 2.45) is 5.10 Å². The van der Waals surface area contributed by atoms with E-state index in [4.69, 9.17) is 9.47 Å². The fourth-order valence-electron chi connectivity index (χ4n) is 2.16. The third-order valence-corrected chi connectivity index (χ3v) is 3.47. The smallest absolute Gasteiger partial charge is 0.311 e. The number of carbonyl (C=O) groups excluding carboxylic acids is 1. The number of carbonyl (C=O) groups is 1. The molecule has 0 saturated carbocycles. The Morgan fingerprint density at radius 3 is 2.46 bits per heavy atom. The minimum Gasteiger partial charge on any atom is -0.496 e. The van der Waals surface area contributed by atoms with Crippen molar-refractivity contribution in [3.8, 4) is 11.5 Å². The second-order valence-corrected chi connectivity index (χ2v) is 5.07. The predicted octanol–water partition coefficient (Wildman–Crippen LogP) is 1.80. The zero-order valence-electron chi connectivity index (χ0n) is 14.1. The highest BCUT2D eigenvalue weighted by molar-refractivity contribution is 5.88. The van der Waals surface area contributed by atoms with E-state index in [1.54, 1.807) is 30.3 Å². The predicted molar refractivity (Wildman–Crippen MR) is 93.3 cm³/mol. The summed E-state index contributed by atoms with van der Waals surface area (Å²) < 4.78 is 10.1. The number of ether oxygens (including phenoxy) is 2. The van der Waals surface area contributed by atoms with Crippen molar-refractivity contribution in [1.29, 1.82) is 0 Å². The Morgan fingerprint density at radius 1 is 1.23 bits per heavy atom. The van der Waals surface area contributed by atoms with E-state index in [0.29, 0.717) is 5.56 Å². The quantitative estimate of drug-likeness (QED) is 0.441. The first-order valence-electron chi connectivity index (χ1n) is 7.44. The molecule has 0 heterocycles. The molecule has 9 heteroatoms. The first-order chi connectivity index (χ1) is 12.5. The molecule has 0 unspecified atom stereocenters. The van der Waals surface area contributed by atoms with Gasteiger partial charge in [0, 0.05) is 17.7 Å². The fourth-order valence-corrected chi connectivity index (χ4v) is 2.16. The molecule has 0 aliphatic heterocycles. The van der Waals surface area contributed by atoms with Gasteiger partial charge in [0.15, 0.2) is 6.10 Å². The summed E-state index contributed by atoms with van der Waals surface area (Å²) in [6.07, 6.45) is -0.207. The summed E-state index contributed by atoms with van der Waals surface area (Å²) in [7, 11) is 2.69. The monoisotopic (exact) mass is 359 g/mol. The van der Waals surface area contributed by atoms with E-state index in [2.05, 4.69) is 10.5 Å². The first-order valence-corrected chi connectivity index (χ1v) is 7.44. The van der Waals surface area contributed by atoms with Gasteiger partial charge in [0.05, 0.1) is 25.4 Å². The molecule has 0 aliphatic rings. The van der Waals surface area contributed by atoms with Crippen LogP contribution < -0.4 is 14.9 Å². The Morgan fingerprint density at radius 2 is 1.88 bits per heavy atom. The summed E-state index contributed by atoms with van der Waals surface area (Å²) in [6.45, 7) is 0. The van der Waals surface area contributed by atoms with Gasteiger partial charge in [-0.05, 0) is 5.56 Å². The van der Waals surface area contributed by atoms with Crippen LogP contribution in [0.25, 0.3) is 0 Å². The average molecular weight is 359 g/mol. The average Bonchev–Trinajstić information content (AvgIpc) is 2.67. The van der Waals surface area contributed by atoms with Crippen LogP contribution in [0.3, 0.4) is 0 Å². The zero-order valence-corrected chi connectivity index (χ0v) is 14.1. The number of nitrogens with one attached hydrogen (secondary N) is 1. The maximum Gasteiger partial charge on any atom is 0.311 e. The van der Waals surface area contributed by atoms with Crippen LogP contribution in [0.5, 0.6) is 11.5 Å². The maximum absolute atomic E-state index is 11.9. The maximum atomic E-state index is 11.9. The topological polar surface area (TPSA) is 123 Å². The lowest BCUT2D eigenvalue weighted by atomic mass is 10.1. The number of rotatable bonds is 7. The van der Waals surface area contributed by atoms with Crippen molar-refractivity contribution in [2.75, 3.05) is 14.2 Å². The molecule has 136 valence electrons. The molecule has 0 fully saturated rings. The summed E-state index contributed by atoms with van der Waals surface area (Å²) in [4.78, 5) is 22.4. The van der Waals surface area contributed by atoms with Crippen LogP contribution in [0.4, 0.5) is 5.69 Å². The Kier molecular flexibility index (Phi) is 6.23. The molecular formula is C17H17N3O6. The van der Waals surface area contributed by atoms with E-state index in [1.807, 2.05) is 0 Å². The molecule has 0 bridgehead atoms. The van der Waals surface area contributed by atoms with Crippen LogP contribution in [-0.2, 0) is 4.79 Å². The lowest BCUT2D eigenvalue weighted by Crippen LogP contribution is -2.25. The fraction of sp³-hybridized carbons (Fsp3) is 0.176. The second-order valence-electron chi connectivity index (χ2n) is 5.07. The minimum atomic E-state index is -1.39. The molecule has 1 amide bonds. The molecule has 9 nitrogen and oxygen atoms in total. The number of aliphatic hydroxyl groups excluding tert-OH is 1. The highest BCUT2D eigenvalue weighted by Gasteiger charge is 2.19. The number of methoxy groups -OCH3 is 2. The number of hydrogen-bond donors (Lipinski definition) is 2. The number of nitro groups is 1. The van der Waals surface area contributed by atoms with Crippen molar-refractivity contribution in [3.05, 3.63) is 63.7 Å². The number of nitro benzene ring substituents is 1. The number of hydrazone groups is 1. The van der Waals surface area contributed by atoms with E-state index in [-0.39, 0.29) is 22.7 Å². The number of aliphatic hydroxyl groups is 1. The summed E-state index contributed by atoms with van der Waals surface area (Å²) in [5, 5.41) is 24.8. The van der Waals surface area contributed by atoms with E-state index in [9.17, 15) is 20.0 Å². The highest BCUT2D eigenvalue weighted by atomic mass is 16.6. The Bertz CT molecular complexity index is 823. The van der Waals surface area contributed by atoms with Gasteiger partial charge >= 0.3 is 5.69 Å². The van der Waals surface area contributed by atoms with E-state index < -0.39 is 16.9 Å². The normalized spacial score (nSPS) is 11.8. The van der Waals surface area contributed by atoms with E-state index in [1.165, 1.54) is 32.6 Å². The van der Waals surface area contributed by atoms with Gasteiger partial charge in [0.1, 0.15) is 5.75 Å². The van der Waals surface area contributed by atoms with Gasteiger partial charge in [-0.25, -0.2) is 5.43 Å². The number of hydrogen-bond acceptors (Lipinski definition) is 7. The third kappa shape index (κ3) is 4.33. The van der Waals surface area contributed by atoms with Crippen molar-refractivity contribution in [1.82, 2.24) is 5.43 Å². The minimum absolute atomic E-state index is 0.0348. The van der Waals surface area contributed by atoms with Gasteiger partial charge in [0.25, 0.3) is 5.91 Å². The lowest BCUT2D eigenvalue weighted by Gasteiger charge is -2.09. The molecule has 2 N–H and O–H groups in total. The summed E-state index contributed by atoms with van der Waals surface area (Å²) in [6, 6.07) is 10.9. The molecule has 2 rings (SSSR count). The SMILES string of the molecule is COc1cc(OC)c([N+](=O)[O-])cc1/C=N\NC(=O)[C@@H](O)c1ccccc1. The summed E-state index contributed by atoms with van der Waals surface area (Å²) in [5.74, 6) is -0.434. The van der Waals surface area contributed by atoms with Crippen molar-refractivity contribution >= 4 is 17.8 Å². The van der Waals surface area contributed by atoms with Gasteiger partial charge in [-0.3, -0.25) is 14.9 Å². The van der Waals surface area contributed by atoms with Crippen molar-refractivity contribution in [3.63, 3.8) is 0 Å². The Labute approximate surface area is 149 Å². The zero-order chi connectivity index (χ0) is 19.1. The molecule has 0 spiro atoms. The van der Waals surface area contributed by atoms with Crippen LogP contribution in [0.2, 0.25) is 0 Å². The molecule has 0 aliphatic carbocycles. The third-order valence-electron chi connectivity index (χ3n) is 3.47. The van der Waals surface area contributed by atoms with Gasteiger partial charge < -0.3 is 14.6 Å². The second kappa shape index (κ2) is 8.58. The molecule has 2 aromatic carbocycles. The highest BCUT2D eigenvalue weighted by Crippen LogP contribution is 2.33. The standard InChI is InChI=1S/C17H17N3O6/c1-25-14-9-15(26-2)13(20(23)24)8-12(14)10-18-19-17(22)16(21)11-6-4-3-5-7-11/h3-10,16,21H,1-2H3,(H,19,22)/b18-10-/t16-/m0/s1. The van der Waals surface area contributed by atoms with Crippen LogP contribution in [0.15, 0.2) is 47.6 Å². The lowest BCUT2D eigenvalue weighted by molar-refractivity contribution is -0.385. The van der Waals surface area contributed by atoms with Gasteiger partial charge in [-0.2, -0.15) is 5.10 Å². The molecule has 0 radical (unpaired) electrons. The molecule has 0 saturated heterocycles. The van der Waals surface area contributed by atoms with Crippen LogP contribution >= 0.6 is 0 Å². The molecule has 1 atom stereocenters. The van der Waals surface area contributed by atoms with Crippen LogP contribution in [-0.4, -0.2) is 36.4 Å². The molecule has 2 aromatic rings. The van der Waals surface area contributed by atoms with Gasteiger partial charge in [-0.15, -0.1) is 0 Å². The number of nitrogens with zero attached hydrogens (tertiary/aromatic N) is 2. The van der Waals surface area contributed by atoms with E-state index >= 15 is 0 Å². The Balaban J connectivity index is 2.18. The van der Waals surface area contributed by atoms with Crippen molar-refractivity contribution in [2.45, 2.75) is 6.10 Å².